The molecule has 0 aliphatic heterocycles. The zero-order chi connectivity index (χ0) is 17.1. The minimum absolute atomic E-state index is 0.135. The van der Waals surface area contributed by atoms with Gasteiger partial charge in [0.2, 0.25) is 0 Å². The van der Waals surface area contributed by atoms with Gasteiger partial charge in [-0.2, -0.15) is 0 Å². The Morgan fingerprint density at radius 1 is 0.680 bits per heavy atom. The van der Waals surface area contributed by atoms with E-state index in [0.29, 0.717) is 6.42 Å². The molecule has 2 aromatic carbocycles. The van der Waals surface area contributed by atoms with Crippen LogP contribution in [0.1, 0.15) is 12.0 Å². The molecule has 0 spiro atoms. The van der Waals surface area contributed by atoms with Crippen molar-refractivity contribution in [3.63, 3.8) is 0 Å². The van der Waals surface area contributed by atoms with E-state index in [2.05, 4.69) is 0 Å². The van der Waals surface area contributed by atoms with Crippen LogP contribution in [-0.2, 0) is 4.79 Å². The van der Waals surface area contributed by atoms with Gasteiger partial charge in [-0.25, -0.2) is 4.42 Å². The number of allylic oxidation sites excluding steroid dienone is 4. The van der Waals surface area contributed by atoms with Crippen LogP contribution in [0.4, 0.5) is 0 Å². The predicted octanol–water partition coefficient (Wildman–Crippen LogP) is 5.81. The largest absolute Gasteiger partial charge is 0.361 e. The lowest BCUT2D eigenvalue weighted by Crippen LogP contribution is -1.97. The van der Waals surface area contributed by atoms with Crippen molar-refractivity contribution >= 4 is 11.4 Å². The molecule has 0 N–H and O–H groups in total. The third-order valence-electron chi connectivity index (χ3n) is 4.21. The molecule has 4 rings (SSSR count). The fourth-order valence-electron chi connectivity index (χ4n) is 2.90. The quantitative estimate of drug-likeness (QED) is 0.569. The first-order chi connectivity index (χ1) is 12.3. The van der Waals surface area contributed by atoms with Crippen LogP contribution in [0.15, 0.2) is 95.4 Å². The van der Waals surface area contributed by atoms with Gasteiger partial charge < -0.3 is 0 Å². The highest BCUT2D eigenvalue weighted by Crippen LogP contribution is 2.32. The van der Waals surface area contributed by atoms with Gasteiger partial charge in [-0.1, -0.05) is 48.6 Å². The van der Waals surface area contributed by atoms with E-state index in [0.717, 1.165) is 33.8 Å². The third-order valence-corrected chi connectivity index (χ3v) is 4.21. The summed E-state index contributed by atoms with van der Waals surface area (Å²) in [4.78, 5) is 11.5. The summed E-state index contributed by atoms with van der Waals surface area (Å²) in [6.07, 6.45) is 5.94. The summed E-state index contributed by atoms with van der Waals surface area (Å²) in [5.41, 5.74) is 4.15. The van der Waals surface area contributed by atoms with Crippen LogP contribution in [0.3, 0.4) is 0 Å². The van der Waals surface area contributed by atoms with Gasteiger partial charge in [-0.05, 0) is 35.9 Å². The monoisotopic (exact) mass is 325 g/mol. The summed E-state index contributed by atoms with van der Waals surface area (Å²) < 4.78 is 6.18. The van der Waals surface area contributed by atoms with E-state index in [4.69, 9.17) is 4.42 Å². The standard InChI is InChI=1S/C23H17O2/c24-21-13-11-17(12-14-21)20-15-22(18-7-3-1-4-8-18)25-23(16-20)19-9-5-2-6-10-19/h1-13,15-16H,14H2/q+1. The molecule has 0 bridgehead atoms. The van der Waals surface area contributed by atoms with E-state index in [1.807, 2.05) is 84.9 Å². The smallest absolute Gasteiger partial charge is 0.295 e. The van der Waals surface area contributed by atoms with Crippen molar-refractivity contribution in [3.8, 4) is 22.6 Å². The van der Waals surface area contributed by atoms with Gasteiger partial charge >= 0.3 is 11.5 Å². The van der Waals surface area contributed by atoms with Crippen molar-refractivity contribution in [3.05, 3.63) is 96.6 Å². The van der Waals surface area contributed by atoms with E-state index in [-0.39, 0.29) is 5.78 Å². The molecule has 1 aromatic heterocycles. The van der Waals surface area contributed by atoms with Gasteiger partial charge in [0, 0.05) is 12.0 Å². The molecule has 0 radical (unpaired) electrons. The highest BCUT2D eigenvalue weighted by atomic mass is 16.3. The van der Waals surface area contributed by atoms with Crippen LogP contribution in [0, 0.1) is 0 Å². The first-order valence-electron chi connectivity index (χ1n) is 8.30. The maximum Gasteiger partial charge on any atom is 0.361 e. The van der Waals surface area contributed by atoms with Crippen LogP contribution in [-0.4, -0.2) is 5.78 Å². The Labute approximate surface area is 146 Å². The summed E-state index contributed by atoms with van der Waals surface area (Å²) in [5.74, 6) is 1.75. The Kier molecular flexibility index (Phi) is 4.09. The lowest BCUT2D eigenvalue weighted by molar-refractivity contribution is -0.113. The molecule has 0 atom stereocenters. The van der Waals surface area contributed by atoms with Gasteiger partial charge in [-0.15, -0.1) is 0 Å². The van der Waals surface area contributed by atoms with Crippen LogP contribution in [0.2, 0.25) is 0 Å². The average molecular weight is 325 g/mol. The van der Waals surface area contributed by atoms with Gasteiger partial charge in [0.1, 0.15) is 0 Å². The van der Waals surface area contributed by atoms with Crippen LogP contribution < -0.4 is 0 Å². The lowest BCUT2D eigenvalue weighted by Gasteiger charge is -2.06. The minimum atomic E-state index is 0.135. The molecule has 25 heavy (non-hydrogen) atoms. The van der Waals surface area contributed by atoms with Gasteiger partial charge in [-0.3, -0.25) is 4.79 Å². The molecular formula is C23H17O2+. The highest BCUT2D eigenvalue weighted by molar-refractivity contribution is 5.98. The molecule has 1 heterocycles. The molecule has 3 aromatic rings. The fraction of sp³-hybridized carbons (Fsp3) is 0.0435. The zero-order valence-corrected chi connectivity index (χ0v) is 13.7. The molecule has 0 unspecified atom stereocenters. The normalized spacial score (nSPS) is 13.6. The molecule has 120 valence electrons. The van der Waals surface area contributed by atoms with Crippen LogP contribution in [0.5, 0.6) is 0 Å². The summed E-state index contributed by atoms with van der Waals surface area (Å²) >= 11 is 0. The maximum absolute atomic E-state index is 11.5. The first kappa shape index (κ1) is 15.3. The first-order valence-corrected chi connectivity index (χ1v) is 8.30. The summed E-state index contributed by atoms with van der Waals surface area (Å²) in [7, 11) is 0. The number of hydrogen-bond acceptors (Lipinski definition) is 1. The van der Waals surface area contributed by atoms with Crippen molar-refractivity contribution in [1.82, 2.24) is 0 Å². The summed E-state index contributed by atoms with van der Waals surface area (Å²) in [6.45, 7) is 0. The second-order valence-corrected chi connectivity index (χ2v) is 5.97. The van der Waals surface area contributed by atoms with Crippen LogP contribution >= 0.6 is 0 Å². The van der Waals surface area contributed by atoms with E-state index < -0.39 is 0 Å². The molecule has 0 fully saturated rings. The summed E-state index contributed by atoms with van der Waals surface area (Å²) in [6, 6.07) is 24.2. The Morgan fingerprint density at radius 2 is 1.24 bits per heavy atom. The van der Waals surface area contributed by atoms with Gasteiger partial charge in [0.15, 0.2) is 5.78 Å². The molecule has 0 saturated carbocycles. The van der Waals surface area contributed by atoms with E-state index in [1.54, 1.807) is 6.08 Å². The Hall–Kier alpha value is -3.26. The fourth-order valence-corrected chi connectivity index (χ4v) is 2.90. The predicted molar refractivity (Wildman–Crippen MR) is 101 cm³/mol. The van der Waals surface area contributed by atoms with Crippen molar-refractivity contribution in [1.29, 1.82) is 0 Å². The van der Waals surface area contributed by atoms with E-state index >= 15 is 0 Å². The van der Waals surface area contributed by atoms with E-state index in [1.165, 1.54) is 0 Å². The molecule has 2 nitrogen and oxygen atoms in total. The molecule has 0 saturated heterocycles. The number of carbonyl (C=O) groups is 1. The highest BCUT2D eigenvalue weighted by Gasteiger charge is 2.21. The molecular weight excluding hydrogens is 308 g/mol. The molecule has 1 aliphatic carbocycles. The second kappa shape index (κ2) is 6.70. The minimum Gasteiger partial charge on any atom is -0.295 e. The lowest BCUT2D eigenvalue weighted by atomic mass is 9.97. The molecule has 1 aliphatic rings. The molecule has 2 heteroatoms. The number of carbonyl (C=O) groups excluding carboxylic acids is 1. The SMILES string of the molecule is O=C1C=CC(c2cc(-c3ccccc3)[o+]c(-c3ccccc3)c2)=CC1. The molecule has 0 amide bonds. The topological polar surface area (TPSA) is 28.4 Å². The van der Waals surface area contributed by atoms with Crippen molar-refractivity contribution in [2.75, 3.05) is 0 Å². The van der Waals surface area contributed by atoms with E-state index in [9.17, 15) is 4.79 Å². The van der Waals surface area contributed by atoms with Crippen molar-refractivity contribution < 1.29 is 9.21 Å². The Bertz CT molecular complexity index is 910. The second-order valence-electron chi connectivity index (χ2n) is 5.97. The maximum atomic E-state index is 11.5. The average Bonchev–Trinajstić information content (AvgIpc) is 2.69. The van der Waals surface area contributed by atoms with Gasteiger partial charge in [0.25, 0.3) is 0 Å². The van der Waals surface area contributed by atoms with Crippen molar-refractivity contribution in [2.45, 2.75) is 6.42 Å². The zero-order valence-electron chi connectivity index (χ0n) is 13.7. The number of hydrogen-bond donors (Lipinski definition) is 0. The third kappa shape index (κ3) is 3.33. The Balaban J connectivity index is 1.87. The van der Waals surface area contributed by atoms with Crippen LogP contribution in [0.25, 0.3) is 28.2 Å². The van der Waals surface area contributed by atoms with Gasteiger partial charge in [0.05, 0.1) is 23.3 Å². The van der Waals surface area contributed by atoms with Crippen molar-refractivity contribution in [2.24, 2.45) is 0 Å². The number of ketones is 1. The Morgan fingerprint density at radius 3 is 1.72 bits per heavy atom. The number of benzene rings is 2. The summed E-state index contributed by atoms with van der Waals surface area (Å²) in [5, 5.41) is 0. The number of rotatable bonds is 3.